The molecule has 0 heteroatoms. The van der Waals surface area contributed by atoms with E-state index in [9.17, 15) is 0 Å². The Labute approximate surface area is 74.9 Å². The highest BCUT2D eigenvalue weighted by molar-refractivity contribution is 5.33. The van der Waals surface area contributed by atoms with E-state index in [0.717, 1.165) is 18.4 Å². The van der Waals surface area contributed by atoms with Gasteiger partial charge in [0.1, 0.15) is 0 Å². The van der Waals surface area contributed by atoms with Crippen molar-refractivity contribution in [3.05, 3.63) is 47.5 Å². The average molecular weight is 159 g/mol. The maximum absolute atomic E-state index is 3.66. The Morgan fingerprint density at radius 3 is 1.92 bits per heavy atom. The van der Waals surface area contributed by atoms with Crippen LogP contribution in [0.15, 0.2) is 24.8 Å². The fourth-order valence-corrected chi connectivity index (χ4v) is 1.27. The summed E-state index contributed by atoms with van der Waals surface area (Å²) in [7, 11) is 0. The molecule has 0 unspecified atom stereocenters. The number of aryl methyl sites for hydroxylation is 2. The monoisotopic (exact) mass is 159 g/mol. The lowest BCUT2D eigenvalue weighted by atomic mass is 10.0. The molecule has 0 N–H and O–H groups in total. The lowest BCUT2D eigenvalue weighted by Gasteiger charge is -2.03. The first kappa shape index (κ1) is 9.05. The van der Waals surface area contributed by atoms with Gasteiger partial charge in [-0.25, -0.2) is 0 Å². The van der Waals surface area contributed by atoms with E-state index in [1.54, 1.807) is 0 Å². The third-order valence-electron chi connectivity index (χ3n) is 2.07. The summed E-state index contributed by atoms with van der Waals surface area (Å²) in [4.78, 5) is 0. The van der Waals surface area contributed by atoms with Crippen LogP contribution in [0, 0.1) is 6.08 Å². The van der Waals surface area contributed by atoms with E-state index < -0.39 is 0 Å². The maximum atomic E-state index is 3.66. The third kappa shape index (κ3) is 1.97. The van der Waals surface area contributed by atoms with E-state index in [4.69, 9.17) is 0 Å². The van der Waals surface area contributed by atoms with Gasteiger partial charge in [0, 0.05) is 0 Å². The fraction of sp³-hybridized carbons (Fsp3) is 0.333. The fourth-order valence-electron chi connectivity index (χ4n) is 1.27. The number of rotatable bonds is 3. The Morgan fingerprint density at radius 1 is 1.08 bits per heavy atom. The number of hydrogen-bond acceptors (Lipinski definition) is 0. The van der Waals surface area contributed by atoms with Crippen molar-refractivity contribution in [1.29, 1.82) is 0 Å². The minimum atomic E-state index is 1.09. The second-order valence-electron chi connectivity index (χ2n) is 2.92. The molecular formula is C12H15. The van der Waals surface area contributed by atoms with E-state index in [0.29, 0.717) is 0 Å². The molecule has 0 aliphatic heterocycles. The molecule has 63 valence electrons. The van der Waals surface area contributed by atoms with E-state index in [2.05, 4.69) is 44.7 Å². The Hall–Kier alpha value is -1.04. The lowest BCUT2D eigenvalue weighted by molar-refractivity contribution is 1.08. The predicted octanol–water partition coefficient (Wildman–Crippen LogP) is 3.15. The third-order valence-corrected chi connectivity index (χ3v) is 2.07. The molecule has 12 heavy (non-hydrogen) atoms. The average Bonchev–Trinajstić information content (AvgIpc) is 2.16. The molecule has 1 aromatic rings. The van der Waals surface area contributed by atoms with Crippen LogP contribution < -0.4 is 0 Å². The van der Waals surface area contributed by atoms with Crippen molar-refractivity contribution in [3.63, 3.8) is 0 Å². The quantitative estimate of drug-likeness (QED) is 0.635. The molecule has 0 aliphatic rings. The predicted molar refractivity (Wildman–Crippen MR) is 53.2 cm³/mol. The summed E-state index contributed by atoms with van der Waals surface area (Å²) in [5, 5.41) is 0. The highest BCUT2D eigenvalue weighted by Gasteiger charge is 1.95. The van der Waals surface area contributed by atoms with Gasteiger partial charge in [0.2, 0.25) is 0 Å². The molecule has 1 rings (SSSR count). The van der Waals surface area contributed by atoms with Crippen LogP contribution >= 0.6 is 0 Å². The van der Waals surface area contributed by atoms with Gasteiger partial charge < -0.3 is 0 Å². The van der Waals surface area contributed by atoms with Crippen molar-refractivity contribution in [1.82, 2.24) is 0 Å². The summed E-state index contributed by atoms with van der Waals surface area (Å²) in [6.45, 7) is 7.99. The van der Waals surface area contributed by atoms with Crippen molar-refractivity contribution in [2.75, 3.05) is 0 Å². The van der Waals surface area contributed by atoms with E-state index >= 15 is 0 Å². The zero-order valence-corrected chi connectivity index (χ0v) is 7.85. The van der Waals surface area contributed by atoms with Crippen molar-refractivity contribution in [2.45, 2.75) is 26.7 Å². The van der Waals surface area contributed by atoms with E-state index in [-0.39, 0.29) is 0 Å². The smallest absolute Gasteiger partial charge is 0.0178 e. The Kier molecular flexibility index (Phi) is 3.09. The van der Waals surface area contributed by atoms with Crippen LogP contribution in [0.5, 0.6) is 0 Å². The molecule has 0 aliphatic carbocycles. The first-order valence-corrected chi connectivity index (χ1v) is 4.46. The van der Waals surface area contributed by atoms with Crippen molar-refractivity contribution < 1.29 is 0 Å². The normalized spacial score (nSPS) is 9.83. The molecule has 0 saturated heterocycles. The van der Waals surface area contributed by atoms with Crippen molar-refractivity contribution >= 4 is 0 Å². The van der Waals surface area contributed by atoms with Gasteiger partial charge in [-0.3, -0.25) is 0 Å². The molecular weight excluding hydrogens is 144 g/mol. The first-order chi connectivity index (χ1) is 5.80. The second-order valence-corrected chi connectivity index (χ2v) is 2.92. The summed E-state index contributed by atoms with van der Waals surface area (Å²) in [5.41, 5.74) is 3.87. The molecule has 0 bridgehead atoms. The molecule has 0 atom stereocenters. The summed E-state index contributed by atoms with van der Waals surface area (Å²) in [6, 6.07) is 6.54. The van der Waals surface area contributed by atoms with Gasteiger partial charge in [-0.15, -0.1) is 0 Å². The SMILES string of the molecule is C=[C]c1cc(CC)cc(CC)c1. The number of hydrogen-bond donors (Lipinski definition) is 0. The van der Waals surface area contributed by atoms with Crippen molar-refractivity contribution in [3.8, 4) is 0 Å². The molecule has 0 nitrogen and oxygen atoms in total. The standard InChI is InChI=1S/C12H15/c1-4-10-7-11(5-2)9-12(6-3)8-10/h7-9H,1,5-6H2,2-3H3. The van der Waals surface area contributed by atoms with E-state index in [1.165, 1.54) is 11.1 Å². The summed E-state index contributed by atoms with van der Waals surface area (Å²) in [5.74, 6) is 0. The molecule has 0 amide bonds. The maximum Gasteiger partial charge on any atom is -0.0178 e. The Morgan fingerprint density at radius 2 is 1.58 bits per heavy atom. The van der Waals surface area contributed by atoms with E-state index in [1.807, 2.05) is 0 Å². The first-order valence-electron chi connectivity index (χ1n) is 4.46. The Balaban J connectivity index is 3.09. The van der Waals surface area contributed by atoms with Gasteiger partial charge >= 0.3 is 0 Å². The lowest BCUT2D eigenvalue weighted by Crippen LogP contribution is -1.88. The van der Waals surface area contributed by atoms with Crippen molar-refractivity contribution in [2.24, 2.45) is 0 Å². The molecule has 0 saturated carbocycles. The largest absolute Gasteiger partial charge is 0.0906 e. The zero-order chi connectivity index (χ0) is 8.97. The van der Waals surface area contributed by atoms with Gasteiger partial charge in [0.25, 0.3) is 0 Å². The zero-order valence-electron chi connectivity index (χ0n) is 7.85. The van der Waals surface area contributed by atoms with Gasteiger partial charge in [0.15, 0.2) is 0 Å². The minimum Gasteiger partial charge on any atom is -0.0906 e. The summed E-state index contributed by atoms with van der Waals surface area (Å²) in [6.07, 6.45) is 5.10. The topological polar surface area (TPSA) is 0 Å². The molecule has 0 aromatic heterocycles. The van der Waals surface area contributed by atoms with Gasteiger partial charge in [-0.05, 0) is 35.6 Å². The van der Waals surface area contributed by atoms with Crippen LogP contribution in [0.25, 0.3) is 0 Å². The highest BCUT2D eigenvalue weighted by Crippen LogP contribution is 2.11. The second kappa shape index (κ2) is 4.10. The minimum absolute atomic E-state index is 1.09. The Bertz CT molecular complexity index is 249. The van der Waals surface area contributed by atoms with Gasteiger partial charge in [0.05, 0.1) is 0 Å². The van der Waals surface area contributed by atoms with Crippen LogP contribution in [0.2, 0.25) is 0 Å². The molecule has 0 spiro atoms. The highest BCUT2D eigenvalue weighted by atomic mass is 14.0. The molecule has 1 aromatic carbocycles. The van der Waals surface area contributed by atoms with Gasteiger partial charge in [-0.1, -0.05) is 38.6 Å². The molecule has 0 fully saturated rings. The van der Waals surface area contributed by atoms with Crippen LogP contribution in [0.1, 0.15) is 30.5 Å². The van der Waals surface area contributed by atoms with Crippen LogP contribution in [0.4, 0.5) is 0 Å². The molecule has 0 heterocycles. The van der Waals surface area contributed by atoms with Crippen LogP contribution in [0.3, 0.4) is 0 Å². The van der Waals surface area contributed by atoms with Gasteiger partial charge in [-0.2, -0.15) is 0 Å². The number of benzene rings is 1. The molecule has 1 radical (unpaired) electrons. The van der Waals surface area contributed by atoms with Crippen LogP contribution in [-0.4, -0.2) is 0 Å². The summed E-state index contributed by atoms with van der Waals surface area (Å²) >= 11 is 0. The summed E-state index contributed by atoms with van der Waals surface area (Å²) < 4.78 is 0. The van der Waals surface area contributed by atoms with Crippen LogP contribution in [-0.2, 0) is 12.8 Å².